The van der Waals surface area contributed by atoms with Crippen LogP contribution in [0.3, 0.4) is 0 Å². The van der Waals surface area contributed by atoms with Crippen molar-refractivity contribution in [3.05, 3.63) is 50.3 Å². The molecule has 0 amide bonds. The summed E-state index contributed by atoms with van der Waals surface area (Å²) in [4.78, 5) is 21.3. The molecule has 126 valence electrons. The first-order chi connectivity index (χ1) is 12.0. The standard InChI is InChI=1S/C19H17N3O2S/c1-9-6-14(9)15-5-4-13(24-15)7-12(8-20)17-21-18(23)16-10(2)11(3)25-19(16)22-17/h4-5,7,9,14H,6H2,1-3H3,(H,21,22,23)/b12-7+/t9-,14+/m1/s1. The first-order valence-corrected chi connectivity index (χ1v) is 9.01. The molecule has 2 atom stereocenters. The van der Waals surface area contributed by atoms with Crippen molar-refractivity contribution in [3.8, 4) is 6.07 Å². The number of fused-ring (bicyclic) bond motifs is 1. The lowest BCUT2D eigenvalue weighted by Crippen LogP contribution is -2.10. The van der Waals surface area contributed by atoms with Gasteiger partial charge in [-0.2, -0.15) is 5.26 Å². The molecule has 0 radical (unpaired) electrons. The second kappa shape index (κ2) is 5.71. The number of nitriles is 1. The Morgan fingerprint density at radius 3 is 2.92 bits per heavy atom. The van der Waals surface area contributed by atoms with Crippen LogP contribution < -0.4 is 5.56 Å². The lowest BCUT2D eigenvalue weighted by Gasteiger charge is -1.99. The number of allylic oxidation sites excluding steroid dienone is 1. The summed E-state index contributed by atoms with van der Waals surface area (Å²) in [6.45, 7) is 6.07. The zero-order valence-electron chi connectivity index (χ0n) is 14.2. The molecule has 0 saturated heterocycles. The Bertz CT molecular complexity index is 1110. The largest absolute Gasteiger partial charge is 0.461 e. The first kappa shape index (κ1) is 15.9. The second-order valence-corrected chi connectivity index (χ2v) is 7.81. The van der Waals surface area contributed by atoms with Gasteiger partial charge in [0.15, 0.2) is 5.82 Å². The van der Waals surface area contributed by atoms with Crippen molar-refractivity contribution < 1.29 is 4.42 Å². The van der Waals surface area contributed by atoms with Crippen LogP contribution >= 0.6 is 11.3 Å². The van der Waals surface area contributed by atoms with Crippen molar-refractivity contribution in [1.29, 1.82) is 5.26 Å². The van der Waals surface area contributed by atoms with Gasteiger partial charge in [0.25, 0.3) is 5.56 Å². The van der Waals surface area contributed by atoms with Crippen LogP contribution in [0.2, 0.25) is 0 Å². The van der Waals surface area contributed by atoms with E-state index in [2.05, 4.69) is 23.0 Å². The molecule has 1 N–H and O–H groups in total. The van der Waals surface area contributed by atoms with Gasteiger partial charge in [-0.3, -0.25) is 4.79 Å². The van der Waals surface area contributed by atoms with Gasteiger partial charge in [-0.1, -0.05) is 6.92 Å². The highest BCUT2D eigenvalue weighted by Gasteiger charge is 2.36. The molecule has 0 bridgehead atoms. The summed E-state index contributed by atoms with van der Waals surface area (Å²) in [6, 6.07) is 5.93. The molecule has 25 heavy (non-hydrogen) atoms. The number of hydrogen-bond acceptors (Lipinski definition) is 5. The number of thiophene rings is 1. The molecule has 1 aliphatic carbocycles. The minimum absolute atomic E-state index is 0.213. The molecule has 6 heteroatoms. The van der Waals surface area contributed by atoms with Gasteiger partial charge < -0.3 is 9.40 Å². The van der Waals surface area contributed by atoms with Gasteiger partial charge in [-0.15, -0.1) is 11.3 Å². The number of nitrogens with one attached hydrogen (secondary N) is 1. The number of aryl methyl sites for hydroxylation is 2. The highest BCUT2D eigenvalue weighted by Crippen LogP contribution is 2.47. The van der Waals surface area contributed by atoms with Crippen LogP contribution in [0.4, 0.5) is 0 Å². The van der Waals surface area contributed by atoms with Crippen molar-refractivity contribution in [1.82, 2.24) is 9.97 Å². The monoisotopic (exact) mass is 351 g/mol. The summed E-state index contributed by atoms with van der Waals surface area (Å²) in [6.07, 6.45) is 2.78. The third-order valence-electron chi connectivity index (χ3n) is 4.82. The lowest BCUT2D eigenvalue weighted by atomic mass is 10.2. The molecule has 0 aliphatic heterocycles. The maximum atomic E-state index is 12.4. The molecule has 3 aromatic heterocycles. The average molecular weight is 351 g/mol. The minimum Gasteiger partial charge on any atom is -0.461 e. The number of aromatic nitrogens is 2. The molecule has 1 aliphatic rings. The summed E-state index contributed by atoms with van der Waals surface area (Å²) in [5.41, 5.74) is 1.01. The van der Waals surface area contributed by atoms with Gasteiger partial charge in [-0.05, 0) is 43.9 Å². The van der Waals surface area contributed by atoms with E-state index in [1.807, 2.05) is 26.0 Å². The van der Waals surface area contributed by atoms with E-state index < -0.39 is 0 Å². The maximum Gasteiger partial charge on any atom is 0.260 e. The van der Waals surface area contributed by atoms with Gasteiger partial charge in [0.2, 0.25) is 0 Å². The van der Waals surface area contributed by atoms with Crippen LogP contribution in [0.25, 0.3) is 21.9 Å². The zero-order valence-corrected chi connectivity index (χ0v) is 15.0. The van der Waals surface area contributed by atoms with E-state index in [9.17, 15) is 10.1 Å². The van der Waals surface area contributed by atoms with Crippen molar-refractivity contribution in [2.24, 2.45) is 5.92 Å². The van der Waals surface area contributed by atoms with Gasteiger partial charge in [0.05, 0.1) is 11.0 Å². The van der Waals surface area contributed by atoms with Crippen LogP contribution in [-0.4, -0.2) is 9.97 Å². The van der Waals surface area contributed by atoms with E-state index in [4.69, 9.17) is 4.42 Å². The number of rotatable bonds is 3. The number of nitrogens with zero attached hydrogens (tertiary/aromatic N) is 2. The summed E-state index contributed by atoms with van der Waals surface area (Å²) in [7, 11) is 0. The van der Waals surface area contributed by atoms with E-state index >= 15 is 0 Å². The fourth-order valence-electron chi connectivity index (χ4n) is 3.04. The van der Waals surface area contributed by atoms with E-state index in [1.54, 1.807) is 6.08 Å². The smallest absolute Gasteiger partial charge is 0.260 e. The Kier molecular flexibility index (Phi) is 3.62. The van der Waals surface area contributed by atoms with Crippen molar-refractivity contribution >= 4 is 33.2 Å². The summed E-state index contributed by atoms with van der Waals surface area (Å²) < 4.78 is 5.83. The second-order valence-electron chi connectivity index (χ2n) is 6.61. The highest BCUT2D eigenvalue weighted by molar-refractivity contribution is 7.18. The molecule has 0 aromatic carbocycles. The van der Waals surface area contributed by atoms with Crippen molar-refractivity contribution in [2.45, 2.75) is 33.1 Å². The van der Waals surface area contributed by atoms with Crippen molar-refractivity contribution in [2.75, 3.05) is 0 Å². The topological polar surface area (TPSA) is 82.7 Å². The zero-order chi connectivity index (χ0) is 17.7. The van der Waals surface area contributed by atoms with Gasteiger partial charge >= 0.3 is 0 Å². The Labute approximate surface area is 148 Å². The molecule has 1 fully saturated rings. The quantitative estimate of drug-likeness (QED) is 0.710. The Hall–Kier alpha value is -2.65. The Balaban J connectivity index is 1.76. The van der Waals surface area contributed by atoms with E-state index in [0.717, 1.165) is 22.6 Å². The predicted octanol–water partition coefficient (Wildman–Crippen LogP) is 4.38. The molecular weight excluding hydrogens is 334 g/mol. The van der Waals surface area contributed by atoms with Gasteiger partial charge in [-0.25, -0.2) is 4.98 Å². The maximum absolute atomic E-state index is 12.4. The third-order valence-corrected chi connectivity index (χ3v) is 5.92. The van der Waals surface area contributed by atoms with Crippen LogP contribution in [-0.2, 0) is 0 Å². The number of H-pyrrole nitrogens is 1. The molecule has 3 heterocycles. The SMILES string of the molecule is Cc1sc2nc(/C(C#N)=C/c3ccc([C@H]4C[C@H]4C)o3)[nH]c(=O)c2c1C. The third kappa shape index (κ3) is 2.71. The van der Waals surface area contributed by atoms with Crippen molar-refractivity contribution in [3.63, 3.8) is 0 Å². The normalized spacial score (nSPS) is 20.0. The van der Waals surface area contributed by atoms with Crippen LogP contribution in [0.5, 0.6) is 0 Å². The molecule has 0 spiro atoms. The van der Waals surface area contributed by atoms with Gasteiger partial charge in [0.1, 0.15) is 22.4 Å². The predicted molar refractivity (Wildman–Crippen MR) is 98.4 cm³/mol. The van der Waals surface area contributed by atoms with Gasteiger partial charge in [0, 0.05) is 16.9 Å². The lowest BCUT2D eigenvalue weighted by molar-refractivity contribution is 0.498. The fraction of sp³-hybridized carbons (Fsp3) is 0.316. The number of furan rings is 1. The molecule has 4 rings (SSSR count). The van der Waals surface area contributed by atoms with Crippen LogP contribution in [0, 0.1) is 31.1 Å². The molecule has 0 unspecified atom stereocenters. The summed E-state index contributed by atoms with van der Waals surface area (Å²) >= 11 is 1.47. The Morgan fingerprint density at radius 1 is 1.48 bits per heavy atom. The molecule has 3 aromatic rings. The number of hydrogen-bond donors (Lipinski definition) is 1. The summed E-state index contributed by atoms with van der Waals surface area (Å²) in [5.74, 6) is 2.98. The highest BCUT2D eigenvalue weighted by atomic mass is 32.1. The Morgan fingerprint density at radius 2 is 2.24 bits per heavy atom. The van der Waals surface area contributed by atoms with E-state index in [-0.39, 0.29) is 17.0 Å². The number of aromatic amines is 1. The molecular formula is C19H17N3O2S. The average Bonchev–Trinajstić information content (AvgIpc) is 3.01. The summed E-state index contributed by atoms with van der Waals surface area (Å²) in [5, 5.41) is 10.1. The van der Waals surface area contributed by atoms with Crippen LogP contribution in [0.15, 0.2) is 21.3 Å². The van der Waals surface area contributed by atoms with E-state index in [1.165, 1.54) is 11.3 Å². The fourth-order valence-corrected chi connectivity index (χ4v) is 4.07. The van der Waals surface area contributed by atoms with E-state index in [0.29, 0.717) is 27.8 Å². The molecule has 1 saturated carbocycles. The first-order valence-electron chi connectivity index (χ1n) is 8.20. The molecule has 5 nitrogen and oxygen atoms in total. The minimum atomic E-state index is -0.213. The van der Waals surface area contributed by atoms with Crippen LogP contribution in [0.1, 0.15) is 47.0 Å².